The molecule has 0 radical (unpaired) electrons. The minimum Gasteiger partial charge on any atom is -0.481 e. The molecule has 0 atom stereocenters. The van der Waals surface area contributed by atoms with Gasteiger partial charge in [0.25, 0.3) is 0 Å². The van der Waals surface area contributed by atoms with E-state index < -0.39 is 11.9 Å². The van der Waals surface area contributed by atoms with Crippen LogP contribution >= 0.6 is 0 Å². The van der Waals surface area contributed by atoms with Crippen molar-refractivity contribution in [3.05, 3.63) is 0 Å². The van der Waals surface area contributed by atoms with Gasteiger partial charge in [-0.25, -0.2) is 0 Å². The number of carbonyl (C=O) groups is 2. The van der Waals surface area contributed by atoms with Crippen LogP contribution in [0.5, 0.6) is 0 Å². The molecule has 31 heavy (non-hydrogen) atoms. The normalized spacial score (nSPS) is 26.2. The zero-order valence-corrected chi connectivity index (χ0v) is 18.7. The highest BCUT2D eigenvalue weighted by Crippen LogP contribution is 2.32. The van der Waals surface area contributed by atoms with Crippen molar-refractivity contribution in [3.63, 3.8) is 0 Å². The minimum atomic E-state index is -0.718. The molecular formula is C23H40O8. The fraction of sp³-hybridized carbons (Fsp3) is 0.913. The van der Waals surface area contributed by atoms with Crippen LogP contribution in [0, 0.1) is 5.41 Å². The third-order valence-electron chi connectivity index (χ3n) is 5.96. The second kappa shape index (κ2) is 14.8. The number of aliphatic carboxylic acids is 2. The van der Waals surface area contributed by atoms with E-state index in [9.17, 15) is 9.59 Å². The van der Waals surface area contributed by atoms with Gasteiger partial charge in [-0.1, -0.05) is 38.5 Å². The molecule has 2 N–H and O–H groups in total. The summed E-state index contributed by atoms with van der Waals surface area (Å²) >= 11 is 0. The van der Waals surface area contributed by atoms with Crippen LogP contribution in [0.3, 0.4) is 0 Å². The summed E-state index contributed by atoms with van der Waals surface area (Å²) in [5.74, 6) is -1.44. The van der Waals surface area contributed by atoms with Crippen molar-refractivity contribution in [2.24, 2.45) is 5.41 Å². The molecule has 1 spiro atoms. The summed E-state index contributed by atoms with van der Waals surface area (Å²) in [6.07, 6.45) is 11.6. The lowest BCUT2D eigenvalue weighted by Crippen LogP contribution is -2.52. The third-order valence-corrected chi connectivity index (χ3v) is 5.96. The Hall–Kier alpha value is -1.22. The number of carboxylic acids is 2. The number of ether oxygens (including phenoxy) is 4. The molecule has 0 amide bonds. The van der Waals surface area contributed by atoms with Crippen LogP contribution in [-0.2, 0) is 28.5 Å². The van der Waals surface area contributed by atoms with Crippen LogP contribution in [0.1, 0.15) is 89.9 Å². The maximum absolute atomic E-state index is 10.5. The largest absolute Gasteiger partial charge is 0.481 e. The van der Waals surface area contributed by atoms with E-state index in [-0.39, 0.29) is 30.8 Å². The molecule has 2 aliphatic rings. The van der Waals surface area contributed by atoms with Crippen molar-refractivity contribution in [1.82, 2.24) is 0 Å². The highest BCUT2D eigenvalue weighted by Gasteiger charge is 2.41. The fourth-order valence-corrected chi connectivity index (χ4v) is 3.99. The summed E-state index contributed by atoms with van der Waals surface area (Å²) in [4.78, 5) is 21.0. The van der Waals surface area contributed by atoms with Crippen molar-refractivity contribution < 1.29 is 38.7 Å². The molecule has 2 saturated heterocycles. The second-order valence-corrected chi connectivity index (χ2v) is 9.00. The molecule has 8 nitrogen and oxygen atoms in total. The van der Waals surface area contributed by atoms with E-state index in [0.717, 1.165) is 77.0 Å². The predicted molar refractivity (Wildman–Crippen MR) is 114 cm³/mol. The van der Waals surface area contributed by atoms with Crippen molar-refractivity contribution in [2.45, 2.75) is 102 Å². The molecule has 180 valence electrons. The van der Waals surface area contributed by atoms with Crippen LogP contribution < -0.4 is 0 Å². The summed E-state index contributed by atoms with van der Waals surface area (Å²) in [6, 6.07) is 0. The fourth-order valence-electron chi connectivity index (χ4n) is 3.99. The third kappa shape index (κ3) is 11.3. The van der Waals surface area contributed by atoms with Crippen molar-refractivity contribution >= 4 is 11.9 Å². The van der Waals surface area contributed by atoms with Gasteiger partial charge < -0.3 is 29.2 Å². The summed E-state index contributed by atoms with van der Waals surface area (Å²) in [7, 11) is 0. The SMILES string of the molecule is O=C(O)CCCCCCCC1OCC2(CO1)COC(CCCCCCCC(=O)O)OC2. The van der Waals surface area contributed by atoms with E-state index in [0.29, 0.717) is 26.4 Å². The van der Waals surface area contributed by atoms with E-state index in [1.54, 1.807) is 0 Å². The first-order valence-electron chi connectivity index (χ1n) is 11.9. The van der Waals surface area contributed by atoms with Gasteiger partial charge in [0, 0.05) is 12.8 Å². The Bertz CT molecular complexity index is 458. The van der Waals surface area contributed by atoms with Gasteiger partial charge in [-0.3, -0.25) is 9.59 Å². The van der Waals surface area contributed by atoms with Crippen LogP contribution in [0.2, 0.25) is 0 Å². The Morgan fingerprint density at radius 1 is 0.581 bits per heavy atom. The van der Waals surface area contributed by atoms with Gasteiger partial charge in [0.15, 0.2) is 12.6 Å². The van der Waals surface area contributed by atoms with Crippen molar-refractivity contribution in [1.29, 1.82) is 0 Å². The molecule has 0 aromatic heterocycles. The Kier molecular flexibility index (Phi) is 12.4. The van der Waals surface area contributed by atoms with Gasteiger partial charge in [-0.05, 0) is 38.5 Å². The van der Waals surface area contributed by atoms with E-state index >= 15 is 0 Å². The Morgan fingerprint density at radius 3 is 1.26 bits per heavy atom. The lowest BCUT2D eigenvalue weighted by molar-refractivity contribution is -0.304. The topological polar surface area (TPSA) is 112 Å². The Morgan fingerprint density at radius 2 is 0.903 bits per heavy atom. The van der Waals surface area contributed by atoms with Gasteiger partial charge in [-0.15, -0.1) is 0 Å². The quantitative estimate of drug-likeness (QED) is 0.338. The summed E-state index contributed by atoms with van der Waals surface area (Å²) in [6.45, 7) is 2.36. The number of carboxylic acid groups (broad SMARTS) is 2. The number of unbranched alkanes of at least 4 members (excludes halogenated alkanes) is 8. The highest BCUT2D eigenvalue weighted by atomic mass is 16.7. The molecule has 2 heterocycles. The molecule has 8 heteroatoms. The number of rotatable bonds is 16. The van der Waals surface area contributed by atoms with Gasteiger partial charge in [0.2, 0.25) is 0 Å². The van der Waals surface area contributed by atoms with Crippen molar-refractivity contribution in [3.8, 4) is 0 Å². The first-order chi connectivity index (χ1) is 15.0. The maximum atomic E-state index is 10.5. The second-order valence-electron chi connectivity index (χ2n) is 9.00. The summed E-state index contributed by atoms with van der Waals surface area (Å²) in [5.41, 5.74) is -0.208. The molecule has 0 aromatic rings. The molecule has 2 aliphatic heterocycles. The average Bonchev–Trinajstić information content (AvgIpc) is 2.75. The van der Waals surface area contributed by atoms with E-state index in [1.807, 2.05) is 0 Å². The summed E-state index contributed by atoms with van der Waals surface area (Å²) in [5, 5.41) is 17.3. The van der Waals surface area contributed by atoms with Crippen LogP contribution in [0.4, 0.5) is 0 Å². The maximum Gasteiger partial charge on any atom is 0.303 e. The standard InChI is InChI=1S/C23H40O8/c24-19(25)11-7-3-1-5-9-13-21-28-15-23(16-29-21)17-30-22(31-18-23)14-10-6-2-4-8-12-20(26)27/h21-22H,1-18H2,(H,24,25)(H,26,27). The Balaban J connectivity index is 1.46. The van der Waals surface area contributed by atoms with E-state index in [2.05, 4.69) is 0 Å². The molecule has 2 rings (SSSR count). The van der Waals surface area contributed by atoms with Crippen molar-refractivity contribution in [2.75, 3.05) is 26.4 Å². The molecule has 2 fully saturated rings. The lowest BCUT2D eigenvalue weighted by atomic mass is 9.90. The highest BCUT2D eigenvalue weighted by molar-refractivity contribution is 5.66. The number of hydrogen-bond acceptors (Lipinski definition) is 6. The van der Waals surface area contributed by atoms with Gasteiger partial charge in [0.1, 0.15) is 0 Å². The van der Waals surface area contributed by atoms with Gasteiger partial charge in [-0.2, -0.15) is 0 Å². The van der Waals surface area contributed by atoms with Crippen LogP contribution in [0.15, 0.2) is 0 Å². The number of hydrogen-bond donors (Lipinski definition) is 2. The van der Waals surface area contributed by atoms with Crippen LogP contribution in [0.25, 0.3) is 0 Å². The van der Waals surface area contributed by atoms with Gasteiger partial charge >= 0.3 is 11.9 Å². The summed E-state index contributed by atoms with van der Waals surface area (Å²) < 4.78 is 23.7. The molecule has 0 saturated carbocycles. The lowest BCUT2D eigenvalue weighted by Gasteiger charge is -2.43. The molecule has 0 aromatic carbocycles. The zero-order valence-electron chi connectivity index (χ0n) is 18.7. The zero-order chi connectivity index (χ0) is 22.4. The molecule has 0 aliphatic carbocycles. The predicted octanol–water partition coefficient (Wildman–Crippen LogP) is 4.35. The molecule has 0 bridgehead atoms. The molecule has 0 unspecified atom stereocenters. The molecular weight excluding hydrogens is 404 g/mol. The van der Waals surface area contributed by atoms with E-state index in [1.165, 1.54) is 0 Å². The average molecular weight is 445 g/mol. The first kappa shape index (κ1) is 26.0. The smallest absolute Gasteiger partial charge is 0.303 e. The van der Waals surface area contributed by atoms with Crippen LogP contribution in [-0.4, -0.2) is 61.2 Å². The monoisotopic (exact) mass is 444 g/mol. The van der Waals surface area contributed by atoms with Gasteiger partial charge in [0.05, 0.1) is 31.8 Å². The Labute approximate surface area is 185 Å². The first-order valence-corrected chi connectivity index (χ1v) is 11.9. The minimum absolute atomic E-state index is 0.163. The van der Waals surface area contributed by atoms with E-state index in [4.69, 9.17) is 29.2 Å².